The lowest BCUT2D eigenvalue weighted by molar-refractivity contribution is 0.370. The molecule has 0 aromatic heterocycles. The van der Waals surface area contributed by atoms with E-state index in [9.17, 15) is 8.42 Å². The van der Waals surface area contributed by atoms with E-state index in [0.717, 1.165) is 13.0 Å². The predicted octanol–water partition coefficient (Wildman–Crippen LogP) is 1.13. The van der Waals surface area contributed by atoms with E-state index in [1.165, 1.54) is 16.4 Å². The predicted molar refractivity (Wildman–Crippen MR) is 74.1 cm³/mol. The molecular weight excluding hydrogens is 262 g/mol. The molecule has 0 unspecified atom stereocenters. The molecule has 6 heteroatoms. The molecule has 0 spiro atoms. The molecule has 0 aliphatic rings. The molecule has 1 aromatic rings. The van der Waals surface area contributed by atoms with E-state index >= 15 is 0 Å². The van der Waals surface area contributed by atoms with Gasteiger partial charge in [-0.3, -0.25) is 0 Å². The van der Waals surface area contributed by atoms with Gasteiger partial charge in [0.2, 0.25) is 10.0 Å². The Morgan fingerprint density at radius 1 is 1.21 bits per heavy atom. The highest BCUT2D eigenvalue weighted by Gasteiger charge is 2.20. The first kappa shape index (κ1) is 15.6. The van der Waals surface area contributed by atoms with Crippen molar-refractivity contribution in [3.63, 3.8) is 0 Å². The summed E-state index contributed by atoms with van der Waals surface area (Å²) in [5.74, 6) is 0. The van der Waals surface area contributed by atoms with E-state index in [0.29, 0.717) is 12.1 Å². The highest BCUT2D eigenvalue weighted by molar-refractivity contribution is 7.89. The smallest absolute Gasteiger partial charge is 0.242 e. The van der Waals surface area contributed by atoms with Crippen LogP contribution in [0.15, 0.2) is 29.2 Å². The van der Waals surface area contributed by atoms with Crippen LogP contribution in [0, 0.1) is 11.3 Å². The number of rotatable bonds is 6. The molecule has 0 bridgehead atoms. The van der Waals surface area contributed by atoms with Gasteiger partial charge in [0.05, 0.1) is 16.5 Å². The summed E-state index contributed by atoms with van der Waals surface area (Å²) >= 11 is 0. The summed E-state index contributed by atoms with van der Waals surface area (Å²) < 4.78 is 25.9. The molecule has 0 aliphatic carbocycles. The third kappa shape index (κ3) is 4.31. The number of nitrogens with zero attached hydrogens (tertiary/aromatic N) is 3. The molecular formula is C13H19N3O2S. The minimum atomic E-state index is -3.51. The van der Waals surface area contributed by atoms with Crippen molar-refractivity contribution in [2.75, 3.05) is 34.2 Å². The Morgan fingerprint density at radius 3 is 2.47 bits per heavy atom. The van der Waals surface area contributed by atoms with Crippen LogP contribution in [0.2, 0.25) is 0 Å². The maximum absolute atomic E-state index is 12.3. The molecule has 104 valence electrons. The van der Waals surface area contributed by atoms with Crippen molar-refractivity contribution in [3.8, 4) is 6.07 Å². The van der Waals surface area contributed by atoms with Crippen LogP contribution in [0.4, 0.5) is 0 Å². The largest absolute Gasteiger partial charge is 0.309 e. The molecule has 5 nitrogen and oxygen atoms in total. The van der Waals surface area contributed by atoms with E-state index in [2.05, 4.69) is 0 Å². The molecule has 0 radical (unpaired) electrons. The van der Waals surface area contributed by atoms with Crippen LogP contribution in [0.25, 0.3) is 0 Å². The van der Waals surface area contributed by atoms with Crippen LogP contribution in [0.1, 0.15) is 12.0 Å². The highest BCUT2D eigenvalue weighted by Crippen LogP contribution is 2.15. The molecule has 0 atom stereocenters. The average Bonchev–Trinajstić information content (AvgIpc) is 2.38. The van der Waals surface area contributed by atoms with Gasteiger partial charge in [-0.2, -0.15) is 5.26 Å². The van der Waals surface area contributed by atoms with Crippen molar-refractivity contribution in [2.45, 2.75) is 11.3 Å². The van der Waals surface area contributed by atoms with Crippen molar-refractivity contribution >= 4 is 10.0 Å². The lowest BCUT2D eigenvalue weighted by Crippen LogP contribution is -2.29. The quantitative estimate of drug-likeness (QED) is 0.784. The molecule has 0 fully saturated rings. The molecule has 0 aliphatic heterocycles. The molecule has 0 saturated carbocycles. The van der Waals surface area contributed by atoms with E-state index in [-0.39, 0.29) is 4.90 Å². The van der Waals surface area contributed by atoms with Crippen molar-refractivity contribution in [2.24, 2.45) is 0 Å². The zero-order valence-corrected chi connectivity index (χ0v) is 12.3. The monoisotopic (exact) mass is 281 g/mol. The SMILES string of the molecule is CN(C)CCCN(C)S(=O)(=O)c1cccc(C#N)c1. The van der Waals surface area contributed by atoms with Crippen LogP contribution >= 0.6 is 0 Å². The second-order valence-corrected chi connectivity index (χ2v) is 6.67. The van der Waals surface area contributed by atoms with Gasteiger partial charge < -0.3 is 4.90 Å². The number of hydrogen-bond donors (Lipinski definition) is 0. The topological polar surface area (TPSA) is 64.4 Å². The maximum atomic E-state index is 12.3. The third-order valence-electron chi connectivity index (χ3n) is 2.75. The van der Waals surface area contributed by atoms with Gasteiger partial charge in [0.25, 0.3) is 0 Å². The summed E-state index contributed by atoms with van der Waals surface area (Å²) in [5.41, 5.74) is 0.350. The fourth-order valence-corrected chi connectivity index (χ4v) is 2.89. The van der Waals surface area contributed by atoms with Gasteiger partial charge in [-0.15, -0.1) is 0 Å². The van der Waals surface area contributed by atoms with Crippen LogP contribution in [0.3, 0.4) is 0 Å². The van der Waals surface area contributed by atoms with Crippen LogP contribution < -0.4 is 0 Å². The first-order chi connectivity index (χ1) is 8.87. The second kappa shape index (κ2) is 6.66. The zero-order chi connectivity index (χ0) is 14.5. The molecule has 0 heterocycles. The first-order valence-corrected chi connectivity index (χ1v) is 7.43. The molecule has 1 rings (SSSR count). The zero-order valence-electron chi connectivity index (χ0n) is 11.5. The van der Waals surface area contributed by atoms with Crippen LogP contribution in [-0.2, 0) is 10.0 Å². The summed E-state index contributed by atoms with van der Waals surface area (Å²) in [6.45, 7) is 1.29. The number of sulfonamides is 1. The van der Waals surface area contributed by atoms with Crippen LogP contribution in [0.5, 0.6) is 0 Å². The summed E-state index contributed by atoms with van der Waals surface area (Å²) in [4.78, 5) is 2.18. The number of hydrogen-bond acceptors (Lipinski definition) is 4. The van der Waals surface area contributed by atoms with Gasteiger partial charge in [0, 0.05) is 13.6 Å². The minimum Gasteiger partial charge on any atom is -0.309 e. The van der Waals surface area contributed by atoms with Gasteiger partial charge in [0.15, 0.2) is 0 Å². The summed E-state index contributed by atoms with van der Waals surface area (Å²) in [6.07, 6.45) is 0.765. The Kier molecular flexibility index (Phi) is 5.48. The Hall–Kier alpha value is -1.42. The van der Waals surface area contributed by atoms with Crippen molar-refractivity contribution in [1.82, 2.24) is 9.21 Å². The van der Waals surface area contributed by atoms with E-state index in [1.54, 1.807) is 19.2 Å². The van der Waals surface area contributed by atoms with Crippen LogP contribution in [-0.4, -0.2) is 51.9 Å². The summed E-state index contributed by atoms with van der Waals surface area (Å²) in [7, 11) is 1.95. The van der Waals surface area contributed by atoms with Gasteiger partial charge in [-0.25, -0.2) is 12.7 Å². The molecule has 1 aromatic carbocycles. The fraction of sp³-hybridized carbons (Fsp3) is 0.462. The van der Waals surface area contributed by atoms with E-state index in [1.807, 2.05) is 25.1 Å². The molecule has 0 amide bonds. The average molecular weight is 281 g/mol. The summed E-state index contributed by atoms with van der Waals surface area (Å²) in [6, 6.07) is 8.03. The first-order valence-electron chi connectivity index (χ1n) is 5.99. The Labute approximate surface area is 115 Å². The second-order valence-electron chi connectivity index (χ2n) is 4.62. The minimum absolute atomic E-state index is 0.166. The number of nitriles is 1. The van der Waals surface area contributed by atoms with Gasteiger partial charge in [-0.1, -0.05) is 6.07 Å². The summed E-state index contributed by atoms with van der Waals surface area (Å²) in [5, 5.41) is 8.80. The maximum Gasteiger partial charge on any atom is 0.242 e. The van der Waals surface area contributed by atoms with E-state index in [4.69, 9.17) is 5.26 Å². The Morgan fingerprint density at radius 2 is 1.89 bits per heavy atom. The Balaban J connectivity index is 2.82. The normalized spacial score (nSPS) is 11.8. The standard InChI is InChI=1S/C13H19N3O2S/c1-15(2)8-5-9-16(3)19(17,18)13-7-4-6-12(10-13)11-14/h4,6-7,10H,5,8-9H2,1-3H3. The van der Waals surface area contributed by atoms with Gasteiger partial charge >= 0.3 is 0 Å². The van der Waals surface area contributed by atoms with Gasteiger partial charge in [0.1, 0.15) is 0 Å². The lowest BCUT2D eigenvalue weighted by atomic mass is 10.2. The lowest BCUT2D eigenvalue weighted by Gasteiger charge is -2.18. The van der Waals surface area contributed by atoms with Crippen molar-refractivity contribution in [3.05, 3.63) is 29.8 Å². The molecule has 0 saturated heterocycles. The molecule has 19 heavy (non-hydrogen) atoms. The van der Waals surface area contributed by atoms with E-state index < -0.39 is 10.0 Å². The van der Waals surface area contributed by atoms with Gasteiger partial charge in [-0.05, 0) is 45.3 Å². The molecule has 0 N–H and O–H groups in total. The van der Waals surface area contributed by atoms with Crippen molar-refractivity contribution < 1.29 is 8.42 Å². The van der Waals surface area contributed by atoms with Crippen molar-refractivity contribution in [1.29, 1.82) is 5.26 Å². The number of benzene rings is 1. The third-order valence-corrected chi connectivity index (χ3v) is 4.60. The highest BCUT2D eigenvalue weighted by atomic mass is 32.2. The fourth-order valence-electron chi connectivity index (χ4n) is 1.64. The Bertz CT molecular complexity index is 561.